The van der Waals surface area contributed by atoms with Gasteiger partial charge >= 0.3 is 12.2 Å². The average molecular weight is 658 g/mol. The number of alkyl halides is 3. The maximum atomic E-state index is 13.1. The van der Waals surface area contributed by atoms with E-state index in [-0.39, 0.29) is 34.7 Å². The van der Waals surface area contributed by atoms with Crippen molar-refractivity contribution in [1.29, 1.82) is 0 Å². The number of aliphatic hydroxyl groups is 1. The van der Waals surface area contributed by atoms with E-state index in [0.29, 0.717) is 46.9 Å². The number of hydrogen-bond donors (Lipinski definition) is 2. The van der Waals surface area contributed by atoms with E-state index in [1.165, 1.54) is 31.3 Å². The average Bonchev–Trinajstić information content (AvgIpc) is 3.62. The minimum atomic E-state index is -4.34. The molecule has 4 aromatic rings. The number of anilines is 2. The molecule has 46 heavy (non-hydrogen) atoms. The Labute approximate surface area is 267 Å². The number of likely N-dealkylation sites (N-methyl/N-ethyl adjacent to an activating group) is 2. The SMILES string of the molecule is C=CC(=O)N(C)c1nnc(-c2ccc(CN[C@H]3C[C@@H](O)[C@@H](N(C)c4nc(OC)nc5sc(CC(F)(F)F)cc45)C3)cc2)cc1OC. The maximum absolute atomic E-state index is 13.1. The third-order valence-corrected chi connectivity index (χ3v) is 8.95. The van der Waals surface area contributed by atoms with Crippen molar-refractivity contribution in [1.82, 2.24) is 25.5 Å². The summed E-state index contributed by atoms with van der Waals surface area (Å²) in [6, 6.07) is 10.7. The van der Waals surface area contributed by atoms with E-state index in [0.717, 1.165) is 22.5 Å². The number of halogens is 3. The predicted octanol–water partition coefficient (Wildman–Crippen LogP) is 4.54. The van der Waals surface area contributed by atoms with Crippen LogP contribution in [0, 0.1) is 0 Å². The van der Waals surface area contributed by atoms with E-state index >= 15 is 0 Å². The minimum absolute atomic E-state index is 0.0115. The fourth-order valence-corrected chi connectivity index (χ4v) is 6.55. The van der Waals surface area contributed by atoms with Gasteiger partial charge in [0.2, 0.25) is 0 Å². The van der Waals surface area contributed by atoms with Crippen LogP contribution in [0.15, 0.2) is 49.1 Å². The number of carbonyl (C=O) groups excluding carboxylic acids is 1. The molecule has 0 aliphatic heterocycles. The highest BCUT2D eigenvalue weighted by Gasteiger charge is 2.37. The summed E-state index contributed by atoms with van der Waals surface area (Å²) in [6.45, 7) is 4.04. The topological polar surface area (TPSA) is 126 Å². The molecule has 244 valence electrons. The molecule has 0 spiro atoms. The molecule has 1 aromatic carbocycles. The van der Waals surface area contributed by atoms with Crippen LogP contribution in [0.2, 0.25) is 0 Å². The largest absolute Gasteiger partial charge is 0.493 e. The van der Waals surface area contributed by atoms with Gasteiger partial charge in [-0.15, -0.1) is 21.5 Å². The molecule has 0 bridgehead atoms. The lowest BCUT2D eigenvalue weighted by molar-refractivity contribution is -0.126. The van der Waals surface area contributed by atoms with Gasteiger partial charge in [-0.2, -0.15) is 23.1 Å². The van der Waals surface area contributed by atoms with Gasteiger partial charge in [-0.05, 0) is 30.5 Å². The summed E-state index contributed by atoms with van der Waals surface area (Å²) >= 11 is 0.956. The number of thiophene rings is 1. The van der Waals surface area contributed by atoms with E-state index in [2.05, 4.69) is 32.1 Å². The van der Waals surface area contributed by atoms with Gasteiger partial charge in [0, 0.05) is 43.2 Å². The van der Waals surface area contributed by atoms with Crippen molar-refractivity contribution >= 4 is 39.1 Å². The summed E-state index contributed by atoms with van der Waals surface area (Å²) in [5.74, 6) is 0.759. The third-order valence-electron chi connectivity index (χ3n) is 7.92. The van der Waals surface area contributed by atoms with Gasteiger partial charge in [0.1, 0.15) is 10.6 Å². The fourth-order valence-electron chi connectivity index (χ4n) is 5.50. The van der Waals surface area contributed by atoms with E-state index < -0.39 is 18.7 Å². The molecule has 0 saturated heterocycles. The lowest BCUT2D eigenvalue weighted by Crippen LogP contribution is -2.38. The van der Waals surface area contributed by atoms with Crippen molar-refractivity contribution in [2.24, 2.45) is 0 Å². The number of amides is 1. The van der Waals surface area contributed by atoms with Gasteiger partial charge in [-0.25, -0.2) is 0 Å². The maximum Gasteiger partial charge on any atom is 0.393 e. The molecule has 5 rings (SSSR count). The molecule has 1 aliphatic rings. The monoisotopic (exact) mass is 657 g/mol. The number of aromatic nitrogens is 4. The van der Waals surface area contributed by atoms with E-state index in [9.17, 15) is 23.1 Å². The molecule has 1 amide bonds. The number of nitrogens with zero attached hydrogens (tertiary/aromatic N) is 6. The van der Waals surface area contributed by atoms with Crippen LogP contribution >= 0.6 is 11.3 Å². The number of hydrogen-bond acceptors (Lipinski definition) is 11. The van der Waals surface area contributed by atoms with Crippen LogP contribution in [0.1, 0.15) is 23.3 Å². The van der Waals surface area contributed by atoms with Gasteiger partial charge in [-0.1, -0.05) is 30.8 Å². The van der Waals surface area contributed by atoms with Crippen molar-refractivity contribution in [3.05, 3.63) is 59.5 Å². The zero-order valence-corrected chi connectivity index (χ0v) is 26.5. The zero-order valence-electron chi connectivity index (χ0n) is 25.7. The quantitative estimate of drug-likeness (QED) is 0.222. The molecule has 15 heteroatoms. The Morgan fingerprint density at radius 3 is 2.50 bits per heavy atom. The molecule has 0 unspecified atom stereocenters. The van der Waals surface area contributed by atoms with Crippen LogP contribution in [-0.2, 0) is 17.8 Å². The molecule has 3 aromatic heterocycles. The predicted molar refractivity (Wildman–Crippen MR) is 169 cm³/mol. The van der Waals surface area contributed by atoms with Crippen molar-refractivity contribution in [2.75, 3.05) is 38.1 Å². The Balaban J connectivity index is 1.24. The van der Waals surface area contributed by atoms with Gasteiger partial charge in [0.15, 0.2) is 11.6 Å². The Hall–Kier alpha value is -4.34. The highest BCUT2D eigenvalue weighted by molar-refractivity contribution is 7.18. The lowest BCUT2D eigenvalue weighted by atomic mass is 10.1. The number of benzene rings is 1. The van der Waals surface area contributed by atoms with Crippen LogP contribution in [-0.4, -0.2) is 83.9 Å². The second-order valence-corrected chi connectivity index (χ2v) is 12.1. The van der Waals surface area contributed by atoms with Crippen molar-refractivity contribution in [3.63, 3.8) is 0 Å². The second-order valence-electron chi connectivity index (χ2n) is 11.0. The number of methoxy groups -OCH3 is 2. The molecule has 3 heterocycles. The summed E-state index contributed by atoms with van der Waals surface area (Å²) in [4.78, 5) is 24.3. The Morgan fingerprint density at radius 1 is 1.11 bits per heavy atom. The summed E-state index contributed by atoms with van der Waals surface area (Å²) in [5, 5.41) is 23.4. The fraction of sp³-hybridized carbons (Fsp3) is 0.387. The summed E-state index contributed by atoms with van der Waals surface area (Å²) in [5.41, 5.74) is 2.41. The third kappa shape index (κ3) is 7.21. The van der Waals surface area contributed by atoms with Crippen LogP contribution in [0.4, 0.5) is 24.8 Å². The van der Waals surface area contributed by atoms with Gasteiger partial charge in [0.25, 0.3) is 5.91 Å². The van der Waals surface area contributed by atoms with Crippen molar-refractivity contribution in [2.45, 2.75) is 50.2 Å². The first kappa shape index (κ1) is 33.0. The van der Waals surface area contributed by atoms with E-state index in [4.69, 9.17) is 9.47 Å². The standard InChI is InChI=1S/C31H34F3N7O4S/c1-6-26(43)41(3)28-25(44-4)14-22(38-39-28)18-9-7-17(8-10-18)16-35-19-11-23(24(42)12-19)40(2)27-21-13-20(15-31(32,33)34)46-29(21)37-30(36-27)45-5/h6-10,13-14,19,23-24,35,42H,1,11-12,15-16H2,2-5H3/t19-,23+,24-/m1/s1. The summed E-state index contributed by atoms with van der Waals surface area (Å²) < 4.78 is 49.9. The number of nitrogens with one attached hydrogen (secondary N) is 1. The van der Waals surface area contributed by atoms with Crippen molar-refractivity contribution in [3.8, 4) is 23.0 Å². The molecule has 2 N–H and O–H groups in total. The Kier molecular flexibility index (Phi) is 9.74. The number of aliphatic hydroxyl groups excluding tert-OH is 1. The van der Waals surface area contributed by atoms with Crippen LogP contribution < -0.4 is 24.6 Å². The second kappa shape index (κ2) is 13.6. The number of carbonyl (C=O) groups is 1. The first-order chi connectivity index (χ1) is 21.9. The van der Waals surface area contributed by atoms with Gasteiger partial charge in [0.05, 0.1) is 43.9 Å². The molecule has 1 saturated carbocycles. The number of rotatable bonds is 11. The number of fused-ring (bicyclic) bond motifs is 1. The van der Waals surface area contributed by atoms with Gasteiger partial charge < -0.3 is 24.8 Å². The number of ether oxygens (including phenoxy) is 2. The normalized spacial score (nSPS) is 18.0. The summed E-state index contributed by atoms with van der Waals surface area (Å²) in [6.07, 6.45) is -3.82. The lowest BCUT2D eigenvalue weighted by Gasteiger charge is -2.28. The minimum Gasteiger partial charge on any atom is -0.493 e. The van der Waals surface area contributed by atoms with Crippen LogP contribution in [0.3, 0.4) is 0 Å². The van der Waals surface area contributed by atoms with Crippen molar-refractivity contribution < 1.29 is 32.5 Å². The first-order valence-corrected chi connectivity index (χ1v) is 15.2. The molecular weight excluding hydrogens is 623 g/mol. The molecular formula is C31H34F3N7O4S. The Bertz CT molecular complexity index is 1720. The van der Waals surface area contributed by atoms with E-state index in [1.54, 1.807) is 20.2 Å². The van der Waals surface area contributed by atoms with Gasteiger partial charge in [-0.3, -0.25) is 9.69 Å². The molecule has 0 radical (unpaired) electrons. The highest BCUT2D eigenvalue weighted by atomic mass is 32.1. The Morgan fingerprint density at radius 2 is 1.85 bits per heavy atom. The molecule has 11 nitrogen and oxygen atoms in total. The first-order valence-electron chi connectivity index (χ1n) is 14.4. The van der Waals surface area contributed by atoms with E-state index in [1.807, 2.05) is 29.2 Å². The summed E-state index contributed by atoms with van der Waals surface area (Å²) in [7, 11) is 6.24. The highest BCUT2D eigenvalue weighted by Crippen LogP contribution is 2.37. The van der Waals surface area contributed by atoms with Crippen LogP contribution in [0.5, 0.6) is 11.8 Å². The smallest absolute Gasteiger partial charge is 0.393 e. The zero-order chi connectivity index (χ0) is 33.2. The molecule has 1 fully saturated rings. The van der Waals surface area contributed by atoms with Crippen LogP contribution in [0.25, 0.3) is 21.5 Å². The molecule has 1 aliphatic carbocycles. The molecule has 3 atom stereocenters.